The van der Waals surface area contributed by atoms with Gasteiger partial charge in [-0.3, -0.25) is 0 Å². The predicted octanol–water partition coefficient (Wildman–Crippen LogP) is 2.66. The van der Waals surface area contributed by atoms with Crippen LogP contribution in [0.3, 0.4) is 0 Å². The number of nitrogens with zero attached hydrogens (tertiary/aromatic N) is 1. The monoisotopic (exact) mass is 313 g/mol. The second kappa shape index (κ2) is 5.72. The first kappa shape index (κ1) is 12.7. The molecule has 0 radical (unpaired) electrons. The molecule has 1 aromatic heterocycles. The Morgan fingerprint density at radius 3 is 3.06 bits per heavy atom. The van der Waals surface area contributed by atoms with Gasteiger partial charge >= 0.3 is 6.09 Å². The Balaban J connectivity index is 1.86. The molecule has 2 aromatic rings. The zero-order valence-electron chi connectivity index (χ0n) is 9.44. The Morgan fingerprint density at radius 1 is 1.44 bits per heavy atom. The topological polar surface area (TPSA) is 87.4 Å². The molecular formula is C11H12BrN3O3. The van der Waals surface area contributed by atoms with Crippen molar-refractivity contribution in [3.63, 3.8) is 0 Å². The fourth-order valence-corrected chi connectivity index (χ4v) is 1.80. The maximum atomic E-state index is 10.2. The molecule has 0 unspecified atom stereocenters. The number of rotatable bonds is 5. The highest BCUT2D eigenvalue weighted by Gasteiger charge is 2.05. The van der Waals surface area contributed by atoms with Crippen molar-refractivity contribution in [1.82, 2.24) is 10.3 Å². The number of anilines is 1. The van der Waals surface area contributed by atoms with Gasteiger partial charge in [0.1, 0.15) is 5.52 Å². The number of hydrogen-bond acceptors (Lipinski definition) is 4. The van der Waals surface area contributed by atoms with E-state index in [0.29, 0.717) is 31.1 Å². The van der Waals surface area contributed by atoms with Gasteiger partial charge in [-0.05, 0) is 24.6 Å². The summed E-state index contributed by atoms with van der Waals surface area (Å²) in [6, 6.07) is 6.03. The molecule has 1 aromatic carbocycles. The molecule has 2 rings (SSSR count). The van der Waals surface area contributed by atoms with Crippen molar-refractivity contribution in [1.29, 1.82) is 0 Å². The number of aromatic nitrogens is 1. The summed E-state index contributed by atoms with van der Waals surface area (Å²) in [7, 11) is 0. The van der Waals surface area contributed by atoms with Gasteiger partial charge in [-0.2, -0.15) is 4.98 Å². The lowest BCUT2D eigenvalue weighted by Gasteiger charge is -2.01. The number of amides is 1. The number of halogens is 1. The fourth-order valence-electron chi connectivity index (χ4n) is 1.46. The van der Waals surface area contributed by atoms with E-state index in [0.717, 1.165) is 9.99 Å². The van der Waals surface area contributed by atoms with E-state index in [9.17, 15) is 4.79 Å². The average Bonchev–Trinajstić information content (AvgIpc) is 2.70. The van der Waals surface area contributed by atoms with Gasteiger partial charge in [0.25, 0.3) is 6.01 Å². The summed E-state index contributed by atoms with van der Waals surface area (Å²) < 4.78 is 6.42. The van der Waals surface area contributed by atoms with Crippen LogP contribution in [0.1, 0.15) is 6.42 Å². The Morgan fingerprint density at radius 2 is 2.28 bits per heavy atom. The van der Waals surface area contributed by atoms with Gasteiger partial charge in [-0.25, -0.2) is 4.79 Å². The molecule has 0 saturated heterocycles. The van der Waals surface area contributed by atoms with Gasteiger partial charge in [0.05, 0.1) is 0 Å². The molecule has 0 aliphatic rings. The van der Waals surface area contributed by atoms with E-state index >= 15 is 0 Å². The Hall–Kier alpha value is -1.76. The normalized spacial score (nSPS) is 10.5. The van der Waals surface area contributed by atoms with Crippen LogP contribution < -0.4 is 10.6 Å². The number of carbonyl (C=O) groups is 1. The van der Waals surface area contributed by atoms with Crippen LogP contribution in [0.25, 0.3) is 11.1 Å². The average molecular weight is 314 g/mol. The van der Waals surface area contributed by atoms with E-state index < -0.39 is 6.09 Å². The highest BCUT2D eigenvalue weighted by molar-refractivity contribution is 9.10. The minimum atomic E-state index is -1.01. The van der Waals surface area contributed by atoms with Crippen molar-refractivity contribution in [3.8, 4) is 0 Å². The Bertz CT molecular complexity index is 555. The largest absolute Gasteiger partial charge is 0.465 e. The third-order valence-electron chi connectivity index (χ3n) is 2.26. The lowest BCUT2D eigenvalue weighted by molar-refractivity contribution is 0.194. The lowest BCUT2D eigenvalue weighted by Crippen LogP contribution is -2.23. The number of nitrogens with one attached hydrogen (secondary N) is 2. The SMILES string of the molecule is O=C(O)NCCCNc1nc2cc(Br)ccc2o1. The van der Waals surface area contributed by atoms with Crippen LogP contribution in [0.5, 0.6) is 0 Å². The van der Waals surface area contributed by atoms with Crippen LogP contribution in [0.15, 0.2) is 27.1 Å². The molecule has 3 N–H and O–H groups in total. The third kappa shape index (κ3) is 3.36. The molecule has 1 amide bonds. The summed E-state index contributed by atoms with van der Waals surface area (Å²) in [6.45, 7) is 0.988. The fraction of sp³-hybridized carbons (Fsp3) is 0.273. The minimum Gasteiger partial charge on any atom is -0.465 e. The molecular weight excluding hydrogens is 302 g/mol. The number of fused-ring (bicyclic) bond motifs is 1. The second-order valence-corrected chi connectivity index (χ2v) is 4.56. The van der Waals surface area contributed by atoms with Crippen molar-refractivity contribution < 1.29 is 14.3 Å². The molecule has 0 fully saturated rings. The summed E-state index contributed by atoms with van der Waals surface area (Å²) in [5, 5.41) is 13.7. The second-order valence-electron chi connectivity index (χ2n) is 3.64. The first-order valence-electron chi connectivity index (χ1n) is 5.42. The number of oxazole rings is 1. The number of hydrogen-bond donors (Lipinski definition) is 3. The van der Waals surface area contributed by atoms with E-state index in [1.807, 2.05) is 18.2 Å². The molecule has 18 heavy (non-hydrogen) atoms. The predicted molar refractivity (Wildman–Crippen MR) is 70.8 cm³/mol. The van der Waals surface area contributed by atoms with E-state index in [-0.39, 0.29) is 0 Å². The van der Waals surface area contributed by atoms with E-state index in [1.165, 1.54) is 0 Å². The first-order chi connectivity index (χ1) is 8.65. The quantitative estimate of drug-likeness (QED) is 0.739. The van der Waals surface area contributed by atoms with Crippen molar-refractivity contribution >= 4 is 39.1 Å². The van der Waals surface area contributed by atoms with Crippen LogP contribution in [0, 0.1) is 0 Å². The van der Waals surface area contributed by atoms with Gasteiger partial charge < -0.3 is 20.2 Å². The molecule has 96 valence electrons. The molecule has 7 heteroatoms. The van der Waals surface area contributed by atoms with Crippen molar-refractivity contribution in [2.45, 2.75) is 6.42 Å². The highest BCUT2D eigenvalue weighted by Crippen LogP contribution is 2.22. The zero-order chi connectivity index (χ0) is 13.0. The summed E-state index contributed by atoms with van der Waals surface area (Å²) in [6.07, 6.45) is -0.351. The van der Waals surface area contributed by atoms with Crippen LogP contribution in [-0.4, -0.2) is 29.3 Å². The van der Waals surface area contributed by atoms with Gasteiger partial charge in [0, 0.05) is 17.6 Å². The van der Waals surface area contributed by atoms with Crippen LogP contribution >= 0.6 is 15.9 Å². The number of carboxylic acid groups (broad SMARTS) is 1. The molecule has 0 aliphatic carbocycles. The van der Waals surface area contributed by atoms with Crippen LogP contribution in [0.4, 0.5) is 10.8 Å². The van der Waals surface area contributed by atoms with Crippen molar-refractivity contribution in [2.24, 2.45) is 0 Å². The standard InChI is InChI=1S/C11H12BrN3O3/c12-7-2-3-9-8(6-7)15-10(18-9)13-4-1-5-14-11(16)17/h2-3,6,14H,1,4-5H2,(H,13,15)(H,16,17). The summed E-state index contributed by atoms with van der Waals surface area (Å²) in [5.41, 5.74) is 1.49. The first-order valence-corrected chi connectivity index (χ1v) is 6.21. The van der Waals surface area contributed by atoms with Crippen LogP contribution in [0.2, 0.25) is 0 Å². The number of benzene rings is 1. The maximum absolute atomic E-state index is 10.2. The lowest BCUT2D eigenvalue weighted by atomic mass is 10.3. The molecule has 0 aliphatic heterocycles. The summed E-state index contributed by atoms with van der Waals surface area (Å²) in [5.74, 6) is 0. The van der Waals surface area contributed by atoms with Gasteiger partial charge in [-0.1, -0.05) is 15.9 Å². The van der Waals surface area contributed by atoms with Crippen molar-refractivity contribution in [2.75, 3.05) is 18.4 Å². The zero-order valence-corrected chi connectivity index (χ0v) is 11.0. The molecule has 1 heterocycles. The van der Waals surface area contributed by atoms with E-state index in [4.69, 9.17) is 9.52 Å². The van der Waals surface area contributed by atoms with Gasteiger partial charge in [0.15, 0.2) is 5.58 Å². The molecule has 6 nitrogen and oxygen atoms in total. The molecule has 0 atom stereocenters. The Labute approximate surface area is 112 Å². The van der Waals surface area contributed by atoms with Gasteiger partial charge in [0.2, 0.25) is 0 Å². The van der Waals surface area contributed by atoms with E-state index in [1.54, 1.807) is 0 Å². The van der Waals surface area contributed by atoms with Gasteiger partial charge in [-0.15, -0.1) is 0 Å². The minimum absolute atomic E-state index is 0.397. The molecule has 0 spiro atoms. The van der Waals surface area contributed by atoms with E-state index in [2.05, 4.69) is 31.5 Å². The summed E-state index contributed by atoms with van der Waals surface area (Å²) >= 11 is 3.36. The smallest absolute Gasteiger partial charge is 0.404 e. The third-order valence-corrected chi connectivity index (χ3v) is 2.75. The maximum Gasteiger partial charge on any atom is 0.404 e. The Kier molecular flexibility index (Phi) is 4.03. The molecule has 0 saturated carbocycles. The molecule has 0 bridgehead atoms. The highest BCUT2D eigenvalue weighted by atomic mass is 79.9. The van der Waals surface area contributed by atoms with Crippen molar-refractivity contribution in [3.05, 3.63) is 22.7 Å². The van der Waals surface area contributed by atoms with Crippen LogP contribution in [-0.2, 0) is 0 Å². The summed E-state index contributed by atoms with van der Waals surface area (Å²) in [4.78, 5) is 14.5.